The van der Waals surface area contributed by atoms with Crippen molar-refractivity contribution in [3.8, 4) is 0 Å². The number of phosphoric ester groups is 1. The molecule has 2 unspecified atom stereocenters. The van der Waals surface area contributed by atoms with Gasteiger partial charge in [-0.2, -0.15) is 0 Å². The Hall–Kier alpha value is -2.55. The van der Waals surface area contributed by atoms with Gasteiger partial charge in [0.25, 0.3) is 0 Å². The van der Waals surface area contributed by atoms with Crippen molar-refractivity contribution in [2.24, 2.45) is 5.73 Å². The van der Waals surface area contributed by atoms with E-state index in [-0.39, 0.29) is 38.6 Å². The van der Waals surface area contributed by atoms with Gasteiger partial charge in [-0.25, -0.2) is 4.57 Å². The molecule has 0 amide bonds. The number of rotatable bonds is 68. The third-order valence-corrected chi connectivity index (χ3v) is 16.8. The van der Waals surface area contributed by atoms with Gasteiger partial charge in [0.1, 0.15) is 6.61 Å². The third kappa shape index (κ3) is 68.6. The van der Waals surface area contributed by atoms with Crippen molar-refractivity contribution in [1.29, 1.82) is 0 Å². The number of ether oxygens (including phenoxy) is 2. The zero-order chi connectivity index (χ0) is 60.9. The monoisotopic (exact) mass is 1200 g/mol. The second-order valence-corrected chi connectivity index (χ2v) is 25.5. The molecule has 0 rings (SSSR count). The maximum atomic E-state index is 12.8. The van der Waals surface area contributed by atoms with Gasteiger partial charge in [-0.15, -0.1) is 0 Å². The number of carbonyl (C=O) groups is 2. The molecule has 10 heteroatoms. The summed E-state index contributed by atoms with van der Waals surface area (Å²) in [4.78, 5) is 35.4. The van der Waals surface area contributed by atoms with E-state index in [4.69, 9.17) is 24.3 Å². The van der Waals surface area contributed by atoms with Crippen molar-refractivity contribution >= 4 is 19.8 Å². The molecule has 0 aliphatic rings. The average Bonchev–Trinajstić information content (AvgIpc) is 3.58. The predicted molar refractivity (Wildman–Crippen MR) is 363 cm³/mol. The molecule has 0 radical (unpaired) electrons. The molecule has 0 saturated heterocycles. The molecule has 0 heterocycles. The maximum Gasteiger partial charge on any atom is 0.472 e. The van der Waals surface area contributed by atoms with Gasteiger partial charge in [-0.05, 0) is 64.2 Å². The van der Waals surface area contributed by atoms with Crippen LogP contribution in [0.1, 0.15) is 354 Å². The second-order valence-electron chi connectivity index (χ2n) is 24.1. The van der Waals surface area contributed by atoms with Crippen LogP contribution < -0.4 is 5.73 Å². The lowest BCUT2D eigenvalue weighted by Gasteiger charge is -2.19. The van der Waals surface area contributed by atoms with Crippen molar-refractivity contribution < 1.29 is 37.6 Å². The van der Waals surface area contributed by atoms with Crippen LogP contribution >= 0.6 is 7.82 Å². The van der Waals surface area contributed by atoms with E-state index in [1.165, 1.54) is 244 Å². The molecule has 0 fully saturated rings. The number of hydrogen-bond acceptors (Lipinski definition) is 8. The number of phosphoric acid groups is 1. The van der Waals surface area contributed by atoms with Crippen molar-refractivity contribution in [1.82, 2.24) is 0 Å². The fourth-order valence-electron chi connectivity index (χ4n) is 10.6. The quantitative estimate of drug-likeness (QED) is 0.0264. The van der Waals surface area contributed by atoms with Gasteiger partial charge in [0.2, 0.25) is 0 Å². The first-order valence-corrected chi connectivity index (χ1v) is 37.4. The Morgan fingerprint density at radius 2 is 0.655 bits per heavy atom. The number of esters is 2. The molecule has 0 aromatic carbocycles. The number of carbonyl (C=O) groups excluding carboxylic acids is 2. The van der Waals surface area contributed by atoms with Gasteiger partial charge in [0.05, 0.1) is 13.2 Å². The van der Waals surface area contributed by atoms with Crippen LogP contribution in [0.15, 0.2) is 72.9 Å². The minimum absolute atomic E-state index is 0.0540. The Labute approximate surface area is 520 Å². The largest absolute Gasteiger partial charge is 0.472 e. The molecule has 0 aliphatic heterocycles. The summed E-state index contributed by atoms with van der Waals surface area (Å²) in [6.45, 7) is 3.69. The van der Waals surface area contributed by atoms with Crippen LogP contribution in [0, 0.1) is 0 Å². The number of allylic oxidation sites excluding steroid dienone is 12. The zero-order valence-electron chi connectivity index (χ0n) is 55.1. The van der Waals surface area contributed by atoms with Crippen LogP contribution in [-0.2, 0) is 32.7 Å². The van der Waals surface area contributed by atoms with E-state index >= 15 is 0 Å². The first-order chi connectivity index (χ1) is 41.3. The summed E-state index contributed by atoms with van der Waals surface area (Å²) >= 11 is 0. The van der Waals surface area contributed by atoms with E-state index in [2.05, 4.69) is 86.8 Å². The van der Waals surface area contributed by atoms with Crippen LogP contribution in [0.2, 0.25) is 0 Å². The molecule has 0 aromatic rings. The molecular formula is C74H136NO8P. The summed E-state index contributed by atoms with van der Waals surface area (Å²) in [5.41, 5.74) is 5.41. The summed E-state index contributed by atoms with van der Waals surface area (Å²) in [5.74, 6) is -0.810. The van der Waals surface area contributed by atoms with E-state index in [1.807, 2.05) is 0 Å². The smallest absolute Gasteiger partial charge is 0.462 e. The molecule has 2 atom stereocenters. The lowest BCUT2D eigenvalue weighted by atomic mass is 10.0. The fourth-order valence-corrected chi connectivity index (χ4v) is 11.4. The van der Waals surface area contributed by atoms with Gasteiger partial charge in [0, 0.05) is 19.4 Å². The molecule has 490 valence electrons. The maximum absolute atomic E-state index is 12.8. The minimum Gasteiger partial charge on any atom is -0.462 e. The number of unbranched alkanes of at least 4 members (excludes halogenated alkanes) is 43. The molecule has 0 aliphatic carbocycles. The van der Waals surface area contributed by atoms with Crippen LogP contribution in [-0.4, -0.2) is 49.3 Å². The zero-order valence-corrected chi connectivity index (χ0v) is 56.0. The van der Waals surface area contributed by atoms with Crippen LogP contribution in [0.3, 0.4) is 0 Å². The highest BCUT2D eigenvalue weighted by atomic mass is 31.2. The lowest BCUT2D eigenvalue weighted by Crippen LogP contribution is -2.29. The van der Waals surface area contributed by atoms with Crippen LogP contribution in [0.5, 0.6) is 0 Å². The van der Waals surface area contributed by atoms with E-state index in [0.29, 0.717) is 6.42 Å². The van der Waals surface area contributed by atoms with Gasteiger partial charge >= 0.3 is 19.8 Å². The Morgan fingerprint density at radius 3 is 0.976 bits per heavy atom. The Kier molecular flexibility index (Phi) is 67.4. The lowest BCUT2D eigenvalue weighted by molar-refractivity contribution is -0.161. The number of nitrogens with two attached hydrogens (primary N) is 1. The molecule has 3 N–H and O–H groups in total. The minimum atomic E-state index is -4.39. The Morgan fingerprint density at radius 1 is 0.369 bits per heavy atom. The Bertz CT molecular complexity index is 1610. The SMILES string of the molecule is CC/C=C\C/C=C\C/C=C\C/C=C\C/C=C\C/C=C\CCCCCCCCCCCCCCCCCCC(=O)OC(COC(=O)CCCCCCCCCCCCCCCCCCCCCCCCCCCCCC)COP(=O)(O)OCCN. The number of hydrogen-bond donors (Lipinski definition) is 2. The second kappa shape index (κ2) is 69.5. The van der Waals surface area contributed by atoms with E-state index < -0.39 is 26.5 Å². The average molecular weight is 1200 g/mol. The molecule has 9 nitrogen and oxygen atoms in total. The first-order valence-electron chi connectivity index (χ1n) is 35.9. The first kappa shape index (κ1) is 81.5. The highest BCUT2D eigenvalue weighted by Gasteiger charge is 2.26. The fraction of sp³-hybridized carbons (Fsp3) is 0.811. The van der Waals surface area contributed by atoms with E-state index in [0.717, 1.165) is 77.0 Å². The highest BCUT2D eigenvalue weighted by Crippen LogP contribution is 2.43. The van der Waals surface area contributed by atoms with Crippen molar-refractivity contribution in [3.63, 3.8) is 0 Å². The summed E-state index contributed by atoms with van der Waals surface area (Å²) in [7, 11) is -4.39. The molecule has 0 aromatic heterocycles. The Balaban J connectivity index is 3.84. The molecular weight excluding hydrogens is 1060 g/mol. The summed E-state index contributed by atoms with van der Waals surface area (Å²) in [6, 6.07) is 0. The van der Waals surface area contributed by atoms with Gasteiger partial charge in [-0.3, -0.25) is 18.6 Å². The van der Waals surface area contributed by atoms with Gasteiger partial charge < -0.3 is 20.1 Å². The molecule has 0 spiro atoms. The summed E-state index contributed by atoms with van der Waals surface area (Å²) < 4.78 is 33.2. The molecule has 0 bridgehead atoms. The topological polar surface area (TPSA) is 134 Å². The van der Waals surface area contributed by atoms with Crippen molar-refractivity contribution in [2.45, 2.75) is 360 Å². The predicted octanol–water partition coefficient (Wildman–Crippen LogP) is 23.6. The standard InChI is InChI=1S/C74H136NO8P/c1-3-5-7-9-11-13-15-17-19-21-23-25-27-29-31-33-34-35-36-37-38-39-41-43-45-47-49-51-53-55-57-59-61-63-65-67-74(77)83-72(71-82-84(78,79)81-69-68-75)70-80-73(76)66-64-62-60-58-56-54-52-50-48-46-44-42-40-32-30-28-26-24-22-20-18-16-14-12-10-8-6-4-2/h5,7,11,13,17,19,23,25,29,31,34-35,72H,3-4,6,8-10,12,14-16,18,20-22,24,26-28,30,32-33,36-71,75H2,1-2H3,(H,78,79)/b7-5-,13-11-,19-17-,25-23-,31-29-,35-34-. The molecule has 0 saturated carbocycles. The van der Waals surface area contributed by atoms with E-state index in [9.17, 15) is 19.0 Å². The van der Waals surface area contributed by atoms with Crippen LogP contribution in [0.4, 0.5) is 0 Å². The van der Waals surface area contributed by atoms with Crippen molar-refractivity contribution in [3.05, 3.63) is 72.9 Å². The third-order valence-electron chi connectivity index (χ3n) is 15.9. The normalized spacial score (nSPS) is 13.3. The summed E-state index contributed by atoms with van der Waals surface area (Å²) in [6.07, 6.45) is 91.5. The van der Waals surface area contributed by atoms with Gasteiger partial charge in [0.15, 0.2) is 6.10 Å². The molecule has 84 heavy (non-hydrogen) atoms. The van der Waals surface area contributed by atoms with Crippen LogP contribution in [0.25, 0.3) is 0 Å². The summed E-state index contributed by atoms with van der Waals surface area (Å²) in [5, 5.41) is 0. The van der Waals surface area contributed by atoms with Crippen molar-refractivity contribution in [2.75, 3.05) is 26.4 Å². The van der Waals surface area contributed by atoms with Gasteiger partial charge in [-0.1, -0.05) is 350 Å². The van der Waals surface area contributed by atoms with E-state index in [1.54, 1.807) is 0 Å². The highest BCUT2D eigenvalue weighted by molar-refractivity contribution is 7.47.